The Hall–Kier alpha value is -4.40. The molecule has 0 aliphatic carbocycles. The molecule has 5 aromatic rings. The van der Waals surface area contributed by atoms with Crippen LogP contribution in [0.25, 0.3) is 33.5 Å². The highest BCUT2D eigenvalue weighted by Gasteiger charge is 2.24. The van der Waals surface area contributed by atoms with E-state index < -0.39 is 6.09 Å². The summed E-state index contributed by atoms with van der Waals surface area (Å²) in [4.78, 5) is 25.4. The van der Waals surface area contributed by atoms with Gasteiger partial charge in [0.05, 0.1) is 47.3 Å². The second-order valence-electron chi connectivity index (χ2n) is 10.3. The number of hydrogen-bond donors (Lipinski definition) is 2. The second-order valence-corrected chi connectivity index (χ2v) is 11.4. The largest absolute Gasteiger partial charge is 0.494 e. The number of benzene rings is 1. The zero-order valence-electron chi connectivity index (χ0n) is 23.8. The Morgan fingerprint density at radius 3 is 3.00 bits per heavy atom. The third-order valence-corrected chi connectivity index (χ3v) is 8.79. The van der Waals surface area contributed by atoms with Crippen LogP contribution >= 0.6 is 11.8 Å². The molecule has 1 aromatic carbocycles. The summed E-state index contributed by atoms with van der Waals surface area (Å²) >= 11 is 1.77. The van der Waals surface area contributed by atoms with Crippen molar-refractivity contribution >= 4 is 45.9 Å². The number of nitrogens with zero attached hydrogens (tertiary/aromatic N) is 7. The number of nitrogens with one attached hydrogen (secondary N) is 2. The van der Waals surface area contributed by atoms with Gasteiger partial charge in [0.15, 0.2) is 11.5 Å². The first kappa shape index (κ1) is 27.4. The molecule has 43 heavy (non-hydrogen) atoms. The maximum atomic E-state index is 12.9. The maximum absolute atomic E-state index is 12.9. The number of anilines is 2. The molecule has 7 rings (SSSR count). The van der Waals surface area contributed by atoms with Crippen LogP contribution in [0.4, 0.5) is 16.3 Å². The van der Waals surface area contributed by atoms with Crippen LogP contribution in [0, 0.1) is 0 Å². The molecular weight excluding hydrogens is 570 g/mol. The van der Waals surface area contributed by atoms with Crippen LogP contribution < -0.4 is 15.4 Å². The number of aromatic nitrogens is 6. The summed E-state index contributed by atoms with van der Waals surface area (Å²) in [7, 11) is 3.36. The molecule has 13 nitrogen and oxygen atoms in total. The van der Waals surface area contributed by atoms with Crippen LogP contribution in [-0.2, 0) is 9.47 Å². The van der Waals surface area contributed by atoms with Crippen molar-refractivity contribution in [1.29, 1.82) is 0 Å². The lowest BCUT2D eigenvalue weighted by atomic mass is 10.2. The monoisotopic (exact) mass is 601 g/mol. The van der Waals surface area contributed by atoms with E-state index in [0.717, 1.165) is 59.2 Å². The van der Waals surface area contributed by atoms with E-state index in [2.05, 4.69) is 31.7 Å². The minimum absolute atomic E-state index is 0.229. The minimum Gasteiger partial charge on any atom is -0.494 e. The number of fused-ring (bicyclic) bond motifs is 3. The molecule has 1 atom stereocenters. The summed E-state index contributed by atoms with van der Waals surface area (Å²) in [5.41, 5.74) is 4.62. The van der Waals surface area contributed by atoms with E-state index in [4.69, 9.17) is 24.3 Å². The predicted octanol–water partition coefficient (Wildman–Crippen LogP) is 3.93. The summed E-state index contributed by atoms with van der Waals surface area (Å²) in [6.45, 7) is 3.54. The van der Waals surface area contributed by atoms with Gasteiger partial charge in [-0.3, -0.25) is 15.2 Å². The molecular formula is C29H31N9O4S. The molecule has 2 aliphatic heterocycles. The fraction of sp³-hybridized carbons (Fsp3) is 0.345. The first-order valence-electron chi connectivity index (χ1n) is 14.1. The lowest BCUT2D eigenvalue weighted by Crippen LogP contribution is -2.28. The van der Waals surface area contributed by atoms with Crippen LogP contribution in [0.5, 0.6) is 5.75 Å². The van der Waals surface area contributed by atoms with Gasteiger partial charge in [-0.05, 0) is 24.6 Å². The molecule has 0 bridgehead atoms. The highest BCUT2D eigenvalue weighted by Crippen LogP contribution is 2.40. The first-order valence-corrected chi connectivity index (χ1v) is 15.1. The van der Waals surface area contributed by atoms with Crippen LogP contribution in [0.2, 0.25) is 0 Å². The number of carbonyl (C=O) groups excluding carboxylic acids is 1. The van der Waals surface area contributed by atoms with Gasteiger partial charge in [-0.15, -0.1) is 16.9 Å². The first-order chi connectivity index (χ1) is 21.1. The van der Waals surface area contributed by atoms with E-state index in [-0.39, 0.29) is 12.7 Å². The summed E-state index contributed by atoms with van der Waals surface area (Å²) < 4.78 is 20.2. The molecule has 2 N–H and O–H groups in total. The van der Waals surface area contributed by atoms with Crippen molar-refractivity contribution in [3.8, 4) is 22.7 Å². The Labute approximate surface area is 251 Å². The smallest absolute Gasteiger partial charge is 0.412 e. The number of rotatable bonds is 8. The number of hydrogen-bond acceptors (Lipinski definition) is 11. The number of thioether (sulfide) groups is 1. The Bertz CT molecular complexity index is 1810. The number of likely N-dealkylation sites (tertiary alicyclic amines) is 1. The van der Waals surface area contributed by atoms with Gasteiger partial charge < -0.3 is 19.5 Å². The van der Waals surface area contributed by atoms with Gasteiger partial charge in [0, 0.05) is 68.6 Å². The van der Waals surface area contributed by atoms with Gasteiger partial charge in [0.25, 0.3) is 0 Å². The fourth-order valence-corrected chi connectivity index (χ4v) is 6.42. The van der Waals surface area contributed by atoms with Gasteiger partial charge >= 0.3 is 6.09 Å². The molecule has 222 valence electrons. The normalized spacial score (nSPS) is 16.7. The Morgan fingerprint density at radius 2 is 2.14 bits per heavy atom. The quantitative estimate of drug-likeness (QED) is 0.268. The minimum atomic E-state index is -0.581. The lowest BCUT2D eigenvalue weighted by molar-refractivity contribution is 0.102. The van der Waals surface area contributed by atoms with E-state index in [0.29, 0.717) is 34.8 Å². The molecule has 0 unspecified atom stereocenters. The average Bonchev–Trinajstić information content (AvgIpc) is 3.77. The van der Waals surface area contributed by atoms with Crippen molar-refractivity contribution in [1.82, 2.24) is 34.3 Å². The molecule has 0 spiro atoms. The fourth-order valence-electron chi connectivity index (χ4n) is 5.52. The SMILES string of the molecule is COc1cc2c(cc1-n1nc(NC(=O)OCCN3CC[C@@H](OC)C3)c3cnc(-c4cnn5cccnc45)cc31)SCCN2. The molecule has 2 aliphatic rings. The van der Waals surface area contributed by atoms with Crippen LogP contribution in [-0.4, -0.2) is 99.2 Å². The molecule has 1 amide bonds. The van der Waals surface area contributed by atoms with E-state index in [1.807, 2.05) is 24.4 Å². The molecule has 14 heteroatoms. The van der Waals surface area contributed by atoms with E-state index in [1.165, 1.54) is 0 Å². The van der Waals surface area contributed by atoms with Gasteiger partial charge in [-0.2, -0.15) is 5.10 Å². The number of amides is 1. The predicted molar refractivity (Wildman–Crippen MR) is 163 cm³/mol. The number of carbonyl (C=O) groups is 1. The van der Waals surface area contributed by atoms with Crippen molar-refractivity contribution in [2.75, 3.05) is 63.4 Å². The molecule has 0 saturated carbocycles. The highest BCUT2D eigenvalue weighted by atomic mass is 32.2. The average molecular weight is 602 g/mol. The van der Waals surface area contributed by atoms with Crippen molar-refractivity contribution < 1.29 is 19.0 Å². The Morgan fingerprint density at radius 1 is 1.21 bits per heavy atom. The zero-order valence-corrected chi connectivity index (χ0v) is 24.6. The topological polar surface area (TPSA) is 133 Å². The molecule has 0 radical (unpaired) electrons. The molecule has 4 aromatic heterocycles. The standard InChI is InChI=1S/C29H31N9O4S/c1-40-18-4-8-36(17-18)9-10-42-29(39)34-27-20-15-32-21(19-16-33-37-7-3-5-31-28(19)37)12-23(20)38(35-27)24-14-26-22(13-25(24)41-2)30-6-11-43-26/h3,5,7,12-16,18,30H,4,6,8-11,17H2,1-2H3,(H,34,35,39)/t18-/m1/s1. The lowest BCUT2D eigenvalue weighted by Gasteiger charge is -2.20. The summed E-state index contributed by atoms with van der Waals surface area (Å²) in [5, 5.41) is 16.2. The summed E-state index contributed by atoms with van der Waals surface area (Å²) in [6.07, 6.45) is 7.63. The number of ether oxygens (including phenoxy) is 3. The molecule has 1 fully saturated rings. The number of pyridine rings is 1. The summed E-state index contributed by atoms with van der Waals surface area (Å²) in [5.74, 6) is 1.93. The Balaban J connectivity index is 1.24. The van der Waals surface area contributed by atoms with Gasteiger partial charge in [0.2, 0.25) is 0 Å². The zero-order chi connectivity index (χ0) is 29.3. The Kier molecular flexibility index (Phi) is 7.47. The third-order valence-electron chi connectivity index (χ3n) is 7.73. The van der Waals surface area contributed by atoms with Gasteiger partial charge in [-0.1, -0.05) is 0 Å². The van der Waals surface area contributed by atoms with E-state index >= 15 is 0 Å². The maximum Gasteiger partial charge on any atom is 0.412 e. The van der Waals surface area contributed by atoms with Gasteiger partial charge in [-0.25, -0.2) is 19.0 Å². The van der Waals surface area contributed by atoms with Crippen LogP contribution in [0.3, 0.4) is 0 Å². The van der Waals surface area contributed by atoms with E-state index in [9.17, 15) is 4.79 Å². The molecule has 6 heterocycles. The second kappa shape index (κ2) is 11.7. The van der Waals surface area contributed by atoms with Crippen molar-refractivity contribution in [3.05, 3.63) is 49.1 Å². The van der Waals surface area contributed by atoms with Crippen molar-refractivity contribution in [3.63, 3.8) is 0 Å². The van der Waals surface area contributed by atoms with Gasteiger partial charge in [0.1, 0.15) is 18.0 Å². The van der Waals surface area contributed by atoms with Crippen LogP contribution in [0.1, 0.15) is 6.42 Å². The molecule has 1 saturated heterocycles. The highest BCUT2D eigenvalue weighted by molar-refractivity contribution is 7.99. The van der Waals surface area contributed by atoms with E-state index in [1.54, 1.807) is 53.8 Å². The number of methoxy groups -OCH3 is 2. The third kappa shape index (κ3) is 5.32. The van der Waals surface area contributed by atoms with Crippen LogP contribution in [0.15, 0.2) is 53.9 Å². The van der Waals surface area contributed by atoms with Crippen molar-refractivity contribution in [2.45, 2.75) is 17.4 Å². The summed E-state index contributed by atoms with van der Waals surface area (Å²) in [6, 6.07) is 7.78. The van der Waals surface area contributed by atoms with Crippen molar-refractivity contribution in [2.24, 2.45) is 0 Å².